The predicted octanol–water partition coefficient (Wildman–Crippen LogP) is 9.02. The minimum atomic E-state index is 0.0861. The summed E-state index contributed by atoms with van der Waals surface area (Å²) in [6.07, 6.45) is 0. The molecule has 0 aromatic heterocycles. The lowest BCUT2D eigenvalue weighted by Gasteiger charge is -2.30. The molecule has 0 radical (unpaired) electrons. The maximum atomic E-state index is 2.53. The van der Waals surface area contributed by atoms with Crippen LogP contribution in [-0.2, 0) is 16.2 Å². The molecular formula is C30H34. The van der Waals surface area contributed by atoms with Crippen molar-refractivity contribution < 1.29 is 0 Å². The SMILES string of the molecule is CC(C)(C)c1cc(C(C)(C)C)c2cc(C(C)(C)C)c3ccc4cccc5c4c3c2c1-5. The van der Waals surface area contributed by atoms with Gasteiger partial charge in [0.1, 0.15) is 0 Å². The summed E-state index contributed by atoms with van der Waals surface area (Å²) in [6, 6.07) is 16.6. The molecule has 30 heavy (non-hydrogen) atoms. The van der Waals surface area contributed by atoms with E-state index in [0.29, 0.717) is 0 Å². The van der Waals surface area contributed by atoms with Crippen LogP contribution in [0.1, 0.15) is 79.0 Å². The van der Waals surface area contributed by atoms with Crippen LogP contribution in [0.25, 0.3) is 43.4 Å². The fourth-order valence-corrected chi connectivity index (χ4v) is 5.51. The molecule has 0 bridgehead atoms. The standard InChI is InChI=1S/C30H34/c1-28(2,3)21-15-20-22(29(4,5)6)16-23(30(7,8)9)25-19-12-10-11-17-13-14-18(21)26(24(17)19)27(20)25/h10-16H,1-9H3. The quantitative estimate of drug-likeness (QED) is 0.230. The highest BCUT2D eigenvalue weighted by Crippen LogP contribution is 2.54. The van der Waals surface area contributed by atoms with Crippen molar-refractivity contribution >= 4 is 32.3 Å². The molecule has 0 saturated heterocycles. The third-order valence-electron chi connectivity index (χ3n) is 6.94. The Bertz CT molecular complexity index is 1360. The smallest absolute Gasteiger partial charge is 0.00111 e. The van der Waals surface area contributed by atoms with Crippen molar-refractivity contribution in [3.63, 3.8) is 0 Å². The van der Waals surface area contributed by atoms with Gasteiger partial charge in [0, 0.05) is 0 Å². The fraction of sp³-hybridized carbons (Fsp3) is 0.400. The van der Waals surface area contributed by atoms with Gasteiger partial charge in [0.15, 0.2) is 0 Å². The molecular weight excluding hydrogens is 360 g/mol. The van der Waals surface area contributed by atoms with E-state index in [9.17, 15) is 0 Å². The van der Waals surface area contributed by atoms with Gasteiger partial charge in [-0.1, -0.05) is 98.7 Å². The number of hydrogen-bond acceptors (Lipinski definition) is 0. The van der Waals surface area contributed by atoms with Crippen molar-refractivity contribution in [1.29, 1.82) is 0 Å². The van der Waals surface area contributed by atoms with Crippen LogP contribution < -0.4 is 0 Å². The van der Waals surface area contributed by atoms with Crippen molar-refractivity contribution in [1.82, 2.24) is 0 Å². The van der Waals surface area contributed by atoms with E-state index in [2.05, 4.69) is 105 Å². The first-order valence-corrected chi connectivity index (χ1v) is 11.3. The zero-order valence-electron chi connectivity index (χ0n) is 20.0. The highest BCUT2D eigenvalue weighted by atomic mass is 14.4. The van der Waals surface area contributed by atoms with Crippen LogP contribution in [0.3, 0.4) is 0 Å². The van der Waals surface area contributed by atoms with Crippen LogP contribution in [0.5, 0.6) is 0 Å². The molecule has 5 rings (SSSR count). The number of hydrogen-bond donors (Lipinski definition) is 0. The molecule has 4 aromatic carbocycles. The molecule has 0 atom stereocenters. The molecule has 1 aliphatic rings. The molecule has 0 amide bonds. The highest BCUT2D eigenvalue weighted by molar-refractivity contribution is 6.34. The summed E-state index contributed by atoms with van der Waals surface area (Å²) in [4.78, 5) is 0. The molecule has 0 nitrogen and oxygen atoms in total. The molecule has 154 valence electrons. The van der Waals surface area contributed by atoms with Gasteiger partial charge in [-0.2, -0.15) is 0 Å². The van der Waals surface area contributed by atoms with E-state index in [4.69, 9.17) is 0 Å². The van der Waals surface area contributed by atoms with E-state index < -0.39 is 0 Å². The van der Waals surface area contributed by atoms with Crippen molar-refractivity contribution in [3.05, 3.63) is 59.2 Å². The lowest BCUT2D eigenvalue weighted by atomic mass is 9.73. The summed E-state index contributed by atoms with van der Waals surface area (Å²) in [5.74, 6) is 0. The second-order valence-electron chi connectivity index (χ2n) is 12.3. The zero-order chi connectivity index (χ0) is 21.8. The zero-order valence-corrected chi connectivity index (χ0v) is 20.0. The van der Waals surface area contributed by atoms with E-state index in [-0.39, 0.29) is 16.2 Å². The van der Waals surface area contributed by atoms with E-state index in [1.165, 1.54) is 60.1 Å². The van der Waals surface area contributed by atoms with Gasteiger partial charge < -0.3 is 0 Å². The van der Waals surface area contributed by atoms with Gasteiger partial charge >= 0.3 is 0 Å². The molecule has 0 fully saturated rings. The van der Waals surface area contributed by atoms with E-state index in [0.717, 1.165) is 0 Å². The fourth-order valence-electron chi connectivity index (χ4n) is 5.51. The Morgan fingerprint density at radius 1 is 0.500 bits per heavy atom. The minimum absolute atomic E-state index is 0.0861. The summed E-state index contributed by atoms with van der Waals surface area (Å²) >= 11 is 0. The van der Waals surface area contributed by atoms with Crippen molar-refractivity contribution in [2.24, 2.45) is 0 Å². The first-order valence-electron chi connectivity index (χ1n) is 11.3. The molecule has 0 heteroatoms. The largest absolute Gasteiger partial charge is 0.0610 e. The lowest BCUT2D eigenvalue weighted by Crippen LogP contribution is -2.18. The molecule has 0 unspecified atom stereocenters. The molecule has 0 spiro atoms. The Hall–Kier alpha value is -2.34. The van der Waals surface area contributed by atoms with Gasteiger partial charge in [-0.05, 0) is 82.4 Å². The first-order chi connectivity index (χ1) is 13.8. The van der Waals surface area contributed by atoms with Gasteiger partial charge in [-0.15, -0.1) is 0 Å². The normalized spacial score (nSPS) is 14.2. The van der Waals surface area contributed by atoms with Crippen LogP contribution in [0.15, 0.2) is 42.5 Å². The van der Waals surface area contributed by atoms with Gasteiger partial charge in [-0.25, -0.2) is 0 Å². The number of fused-ring (bicyclic) bond motifs is 1. The predicted molar refractivity (Wildman–Crippen MR) is 134 cm³/mol. The first kappa shape index (κ1) is 19.6. The average Bonchev–Trinajstić information content (AvgIpc) is 2.96. The average molecular weight is 395 g/mol. The maximum absolute atomic E-state index is 2.53. The lowest BCUT2D eigenvalue weighted by molar-refractivity contribution is 0.573. The molecule has 0 N–H and O–H groups in total. The third-order valence-corrected chi connectivity index (χ3v) is 6.94. The summed E-state index contributed by atoms with van der Waals surface area (Å²) < 4.78 is 0. The molecule has 0 saturated carbocycles. The number of rotatable bonds is 0. The van der Waals surface area contributed by atoms with E-state index in [1.807, 2.05) is 0 Å². The maximum Gasteiger partial charge on any atom is -0.00111 e. The van der Waals surface area contributed by atoms with Gasteiger partial charge in [-0.3, -0.25) is 0 Å². The summed E-state index contributed by atoms with van der Waals surface area (Å²) in [7, 11) is 0. The Balaban J connectivity index is 2.17. The van der Waals surface area contributed by atoms with Crippen LogP contribution >= 0.6 is 0 Å². The van der Waals surface area contributed by atoms with Gasteiger partial charge in [0.05, 0.1) is 0 Å². The summed E-state index contributed by atoms with van der Waals surface area (Å²) in [5.41, 5.74) is 7.59. The topological polar surface area (TPSA) is 0 Å². The Morgan fingerprint density at radius 2 is 1.10 bits per heavy atom. The van der Waals surface area contributed by atoms with Crippen molar-refractivity contribution in [2.75, 3.05) is 0 Å². The van der Waals surface area contributed by atoms with E-state index >= 15 is 0 Å². The Kier molecular flexibility index (Phi) is 3.70. The summed E-state index contributed by atoms with van der Waals surface area (Å²) in [6.45, 7) is 21.2. The molecule has 4 aromatic rings. The summed E-state index contributed by atoms with van der Waals surface area (Å²) in [5, 5.41) is 8.67. The Labute approximate surface area is 181 Å². The molecule has 0 heterocycles. The van der Waals surface area contributed by atoms with Crippen LogP contribution in [-0.4, -0.2) is 0 Å². The van der Waals surface area contributed by atoms with Crippen molar-refractivity contribution in [3.8, 4) is 11.1 Å². The second kappa shape index (κ2) is 5.67. The van der Waals surface area contributed by atoms with Crippen LogP contribution in [0.4, 0.5) is 0 Å². The van der Waals surface area contributed by atoms with Crippen LogP contribution in [0, 0.1) is 0 Å². The second-order valence-corrected chi connectivity index (χ2v) is 12.3. The van der Waals surface area contributed by atoms with Crippen LogP contribution in [0.2, 0.25) is 0 Å². The van der Waals surface area contributed by atoms with E-state index in [1.54, 1.807) is 0 Å². The third kappa shape index (κ3) is 2.52. The minimum Gasteiger partial charge on any atom is -0.0610 e. The van der Waals surface area contributed by atoms with Crippen molar-refractivity contribution in [2.45, 2.75) is 78.6 Å². The Morgan fingerprint density at radius 3 is 1.70 bits per heavy atom. The van der Waals surface area contributed by atoms with Gasteiger partial charge in [0.2, 0.25) is 0 Å². The highest BCUT2D eigenvalue weighted by Gasteiger charge is 2.33. The monoisotopic (exact) mass is 394 g/mol. The number of benzene rings is 4. The molecule has 0 aliphatic heterocycles. The molecule has 1 aliphatic carbocycles. The van der Waals surface area contributed by atoms with Gasteiger partial charge in [0.25, 0.3) is 0 Å².